The maximum absolute atomic E-state index is 12.3. The number of amides is 1. The molecule has 1 aromatic heterocycles. The van der Waals surface area contributed by atoms with Crippen LogP contribution in [-0.4, -0.2) is 35.0 Å². The van der Waals surface area contributed by atoms with Crippen molar-refractivity contribution in [3.05, 3.63) is 22.6 Å². The number of nitrogens with zero attached hydrogens (tertiary/aromatic N) is 1. The number of hydrogen-bond donors (Lipinski definition) is 1. The average Bonchev–Trinajstić information content (AvgIpc) is 2.94. The lowest BCUT2D eigenvalue weighted by atomic mass is 9.76. The molecule has 6 heteroatoms. The van der Waals surface area contributed by atoms with Crippen LogP contribution in [0.4, 0.5) is 0 Å². The Labute approximate surface area is 119 Å². The van der Waals surface area contributed by atoms with Crippen LogP contribution in [-0.2, 0) is 4.79 Å². The van der Waals surface area contributed by atoms with Gasteiger partial charge in [-0.05, 0) is 34.3 Å². The summed E-state index contributed by atoms with van der Waals surface area (Å²) in [5, 5.41) is 9.45. The Balaban J connectivity index is 2.20. The molecule has 1 aliphatic rings. The van der Waals surface area contributed by atoms with Crippen molar-refractivity contribution in [3.63, 3.8) is 0 Å². The van der Waals surface area contributed by atoms with Gasteiger partial charge in [0.2, 0.25) is 5.76 Å². The molecule has 0 radical (unpaired) electrons. The van der Waals surface area contributed by atoms with E-state index in [2.05, 4.69) is 15.9 Å². The van der Waals surface area contributed by atoms with Crippen LogP contribution in [0.5, 0.6) is 0 Å². The van der Waals surface area contributed by atoms with Gasteiger partial charge in [-0.1, -0.05) is 13.8 Å². The van der Waals surface area contributed by atoms with Gasteiger partial charge in [0.1, 0.15) is 0 Å². The summed E-state index contributed by atoms with van der Waals surface area (Å²) < 4.78 is 5.73. The van der Waals surface area contributed by atoms with Gasteiger partial charge in [-0.2, -0.15) is 0 Å². The summed E-state index contributed by atoms with van der Waals surface area (Å²) in [4.78, 5) is 25.3. The quantitative estimate of drug-likeness (QED) is 0.925. The summed E-state index contributed by atoms with van der Waals surface area (Å²) in [6.45, 7) is 4.43. The fourth-order valence-electron chi connectivity index (χ4n) is 2.49. The maximum Gasteiger partial charge on any atom is 0.311 e. The topological polar surface area (TPSA) is 70.8 Å². The minimum absolute atomic E-state index is 0.0251. The third-order valence-corrected chi connectivity index (χ3v) is 4.56. The fourth-order valence-corrected chi connectivity index (χ4v) is 2.86. The van der Waals surface area contributed by atoms with Crippen molar-refractivity contribution in [2.75, 3.05) is 13.1 Å². The number of hydrogen-bond acceptors (Lipinski definition) is 3. The van der Waals surface area contributed by atoms with E-state index in [-0.39, 0.29) is 24.1 Å². The Morgan fingerprint density at radius 2 is 2.21 bits per heavy atom. The number of carboxylic acids is 1. The largest absolute Gasteiger partial charge is 0.481 e. The van der Waals surface area contributed by atoms with Crippen molar-refractivity contribution in [1.82, 2.24) is 4.90 Å². The second-order valence-corrected chi connectivity index (χ2v) is 6.04. The average molecular weight is 330 g/mol. The van der Waals surface area contributed by atoms with Crippen LogP contribution < -0.4 is 0 Å². The van der Waals surface area contributed by atoms with Gasteiger partial charge in [-0.25, -0.2) is 0 Å². The normalized spacial score (nSPS) is 23.1. The molecule has 5 nitrogen and oxygen atoms in total. The number of aliphatic carboxylic acids is 1. The molecule has 0 aliphatic carbocycles. The molecule has 1 aliphatic heterocycles. The van der Waals surface area contributed by atoms with Crippen molar-refractivity contribution in [1.29, 1.82) is 0 Å². The Hall–Kier alpha value is -1.30. The maximum atomic E-state index is 12.3. The molecule has 0 spiro atoms. The molecule has 0 bridgehead atoms. The molecule has 0 aromatic carbocycles. The van der Waals surface area contributed by atoms with Crippen LogP contribution in [0, 0.1) is 11.3 Å². The van der Waals surface area contributed by atoms with E-state index in [0.29, 0.717) is 17.4 Å². The zero-order valence-corrected chi connectivity index (χ0v) is 12.4. The summed E-state index contributed by atoms with van der Waals surface area (Å²) in [5.41, 5.74) is -0.852. The van der Waals surface area contributed by atoms with E-state index in [1.807, 2.05) is 13.8 Å². The van der Waals surface area contributed by atoms with E-state index in [0.717, 1.165) is 0 Å². The molecule has 1 fully saturated rings. The summed E-state index contributed by atoms with van der Waals surface area (Å²) in [6.07, 6.45) is 1.91. The summed E-state index contributed by atoms with van der Waals surface area (Å²) >= 11 is 3.24. The van der Waals surface area contributed by atoms with Crippen LogP contribution >= 0.6 is 15.9 Å². The third kappa shape index (κ3) is 2.29. The first kappa shape index (κ1) is 14.1. The summed E-state index contributed by atoms with van der Waals surface area (Å²) in [7, 11) is 0. The number of carbonyl (C=O) groups excluding carboxylic acids is 1. The minimum atomic E-state index is -0.852. The second kappa shape index (κ2) is 5.00. The highest BCUT2D eigenvalue weighted by atomic mass is 79.9. The Morgan fingerprint density at radius 3 is 2.63 bits per heavy atom. The molecule has 2 heterocycles. The highest BCUT2D eigenvalue weighted by Crippen LogP contribution is 2.39. The monoisotopic (exact) mass is 329 g/mol. The first-order valence-electron chi connectivity index (χ1n) is 6.14. The first-order chi connectivity index (χ1) is 8.88. The van der Waals surface area contributed by atoms with Gasteiger partial charge < -0.3 is 14.4 Å². The predicted octanol–water partition coefficient (Wildman–Crippen LogP) is 2.62. The molecule has 104 valence electrons. The Kier molecular flexibility index (Phi) is 3.71. The van der Waals surface area contributed by atoms with Crippen LogP contribution in [0.15, 0.2) is 21.2 Å². The molecule has 2 rings (SSSR count). The highest BCUT2D eigenvalue weighted by molar-refractivity contribution is 9.10. The number of likely N-dealkylation sites (tertiary alicyclic amines) is 1. The number of rotatable bonds is 3. The van der Waals surface area contributed by atoms with Gasteiger partial charge >= 0.3 is 5.97 Å². The first-order valence-corrected chi connectivity index (χ1v) is 6.93. The van der Waals surface area contributed by atoms with Crippen LogP contribution in [0.25, 0.3) is 0 Å². The molecular formula is C13H16BrNO4. The van der Waals surface area contributed by atoms with Crippen molar-refractivity contribution in [2.45, 2.75) is 20.3 Å². The van der Waals surface area contributed by atoms with Gasteiger partial charge in [0, 0.05) is 13.1 Å². The van der Waals surface area contributed by atoms with Gasteiger partial charge in [-0.3, -0.25) is 9.59 Å². The predicted molar refractivity (Wildman–Crippen MR) is 71.8 cm³/mol. The molecule has 19 heavy (non-hydrogen) atoms. The van der Waals surface area contributed by atoms with E-state index in [1.165, 1.54) is 6.26 Å². The SMILES string of the molecule is CC(C)C1(C(=O)O)CCN(C(=O)c2occc2Br)C1. The van der Waals surface area contributed by atoms with E-state index >= 15 is 0 Å². The van der Waals surface area contributed by atoms with E-state index in [4.69, 9.17) is 4.42 Å². The molecule has 0 saturated carbocycles. The van der Waals surface area contributed by atoms with Crippen LogP contribution in [0.3, 0.4) is 0 Å². The van der Waals surface area contributed by atoms with Gasteiger partial charge in [-0.15, -0.1) is 0 Å². The number of furan rings is 1. The lowest BCUT2D eigenvalue weighted by Gasteiger charge is -2.28. The summed E-state index contributed by atoms with van der Waals surface area (Å²) in [6, 6.07) is 1.65. The number of carbonyl (C=O) groups is 2. The molecule has 1 atom stereocenters. The van der Waals surface area contributed by atoms with E-state index in [1.54, 1.807) is 11.0 Å². The standard InChI is InChI=1S/C13H16BrNO4/c1-8(2)13(12(17)18)4-5-15(7-13)11(16)10-9(14)3-6-19-10/h3,6,8H,4-5,7H2,1-2H3,(H,17,18). The Bertz CT molecular complexity index is 510. The molecular weight excluding hydrogens is 314 g/mol. The Morgan fingerprint density at radius 1 is 1.53 bits per heavy atom. The van der Waals surface area contributed by atoms with Gasteiger partial charge in [0.25, 0.3) is 5.91 Å². The van der Waals surface area contributed by atoms with Crippen molar-refractivity contribution in [2.24, 2.45) is 11.3 Å². The molecule has 1 N–H and O–H groups in total. The van der Waals surface area contributed by atoms with Crippen molar-refractivity contribution >= 4 is 27.8 Å². The molecule has 1 saturated heterocycles. The zero-order valence-electron chi connectivity index (χ0n) is 10.9. The lowest BCUT2D eigenvalue weighted by Crippen LogP contribution is -2.40. The van der Waals surface area contributed by atoms with E-state index in [9.17, 15) is 14.7 Å². The van der Waals surface area contributed by atoms with Crippen molar-refractivity contribution < 1.29 is 19.1 Å². The van der Waals surface area contributed by atoms with E-state index < -0.39 is 11.4 Å². The van der Waals surface area contributed by atoms with Gasteiger partial charge in [0.15, 0.2) is 0 Å². The molecule has 1 amide bonds. The molecule has 1 aromatic rings. The van der Waals surface area contributed by atoms with Crippen molar-refractivity contribution in [3.8, 4) is 0 Å². The van der Waals surface area contributed by atoms with Crippen LogP contribution in [0.1, 0.15) is 30.8 Å². The zero-order chi connectivity index (χ0) is 14.2. The third-order valence-electron chi connectivity index (χ3n) is 3.93. The second-order valence-electron chi connectivity index (χ2n) is 5.19. The smallest absolute Gasteiger partial charge is 0.311 e. The van der Waals surface area contributed by atoms with Gasteiger partial charge in [0.05, 0.1) is 16.2 Å². The molecule has 1 unspecified atom stereocenters. The summed E-state index contributed by atoms with van der Waals surface area (Å²) in [5.74, 6) is -0.898. The van der Waals surface area contributed by atoms with Crippen LogP contribution in [0.2, 0.25) is 0 Å². The number of carboxylic acid groups (broad SMARTS) is 1. The number of halogens is 1. The minimum Gasteiger partial charge on any atom is -0.481 e. The highest BCUT2D eigenvalue weighted by Gasteiger charge is 2.49. The fraction of sp³-hybridized carbons (Fsp3) is 0.538. The lowest BCUT2D eigenvalue weighted by molar-refractivity contribution is -0.150.